The maximum absolute atomic E-state index is 13.1. The van der Waals surface area contributed by atoms with Crippen LogP contribution < -0.4 is 0 Å². The summed E-state index contributed by atoms with van der Waals surface area (Å²) < 4.78 is 27.3. The van der Waals surface area contributed by atoms with Gasteiger partial charge in [-0.1, -0.05) is 54.9 Å². The van der Waals surface area contributed by atoms with Crippen LogP contribution in [0.4, 0.5) is 0 Å². The lowest BCUT2D eigenvalue weighted by atomic mass is 9.83. The lowest BCUT2D eigenvalue weighted by Gasteiger charge is -2.32. The Labute approximate surface area is 177 Å². The number of hydrogen-bond acceptors (Lipinski definition) is 4. The zero-order chi connectivity index (χ0) is 21.0. The number of halogens is 1. The van der Waals surface area contributed by atoms with Gasteiger partial charge in [-0.05, 0) is 43.0 Å². The smallest absolute Gasteiger partial charge is 0.243 e. The molecular formula is C22H25ClN2O3S. The third kappa shape index (κ3) is 4.77. The molecule has 1 heterocycles. The molecule has 2 aromatic carbocycles. The first-order chi connectivity index (χ1) is 13.8. The minimum atomic E-state index is -3.73. The molecule has 2 aromatic rings. The van der Waals surface area contributed by atoms with Gasteiger partial charge in [-0.2, -0.15) is 4.31 Å². The molecular weight excluding hydrogens is 408 g/mol. The average Bonchev–Trinajstić information content (AvgIpc) is 2.74. The molecule has 7 heteroatoms. The van der Waals surface area contributed by atoms with Crippen LogP contribution in [0.5, 0.6) is 0 Å². The molecule has 0 radical (unpaired) electrons. The number of carbonyl (C=O) groups is 1. The van der Waals surface area contributed by atoms with Crippen molar-refractivity contribution in [3.63, 3.8) is 0 Å². The van der Waals surface area contributed by atoms with Crippen LogP contribution in [0.2, 0.25) is 5.02 Å². The van der Waals surface area contributed by atoms with Gasteiger partial charge in [-0.25, -0.2) is 8.42 Å². The van der Waals surface area contributed by atoms with Crippen molar-refractivity contribution in [3.8, 4) is 0 Å². The quantitative estimate of drug-likeness (QED) is 0.653. The number of sulfonamides is 1. The van der Waals surface area contributed by atoms with Crippen LogP contribution in [0.15, 0.2) is 59.5 Å². The maximum Gasteiger partial charge on any atom is 0.243 e. The van der Waals surface area contributed by atoms with Gasteiger partial charge in [-0.3, -0.25) is 4.79 Å². The number of ketones is 1. The van der Waals surface area contributed by atoms with Crippen molar-refractivity contribution < 1.29 is 13.2 Å². The molecule has 0 aromatic heterocycles. The monoisotopic (exact) mass is 432 g/mol. The van der Waals surface area contributed by atoms with Crippen molar-refractivity contribution in [2.24, 2.45) is 5.92 Å². The van der Waals surface area contributed by atoms with Crippen LogP contribution >= 0.6 is 11.6 Å². The van der Waals surface area contributed by atoms with E-state index in [-0.39, 0.29) is 28.9 Å². The van der Waals surface area contributed by atoms with Gasteiger partial charge in [-0.15, -0.1) is 0 Å². The molecule has 2 unspecified atom stereocenters. The Morgan fingerprint density at radius 1 is 1.21 bits per heavy atom. The van der Waals surface area contributed by atoms with E-state index in [2.05, 4.69) is 0 Å². The van der Waals surface area contributed by atoms with Gasteiger partial charge in [0.1, 0.15) is 0 Å². The van der Waals surface area contributed by atoms with E-state index in [1.165, 1.54) is 16.4 Å². The van der Waals surface area contributed by atoms with Crippen molar-refractivity contribution in [3.05, 3.63) is 65.2 Å². The van der Waals surface area contributed by atoms with Crippen molar-refractivity contribution in [1.82, 2.24) is 4.31 Å². The second-order valence-electron chi connectivity index (χ2n) is 7.31. The Kier molecular flexibility index (Phi) is 6.88. The minimum absolute atomic E-state index is 0.0608. The number of nitrogens with zero attached hydrogens (tertiary/aromatic N) is 1. The Bertz CT molecular complexity index is 992. The maximum atomic E-state index is 13.1. The number of Topliss-reactive ketones (excluding diaryl/α,β-unsaturated/α-hetero) is 1. The largest absolute Gasteiger partial charge is 0.301 e. The summed E-state index contributed by atoms with van der Waals surface area (Å²) in [7, 11) is -3.73. The van der Waals surface area contributed by atoms with Crippen LogP contribution in [-0.4, -0.2) is 37.3 Å². The summed E-state index contributed by atoms with van der Waals surface area (Å²) in [6.45, 7) is 2.42. The van der Waals surface area contributed by atoms with Crippen LogP contribution in [0.3, 0.4) is 0 Å². The molecule has 154 valence electrons. The first kappa shape index (κ1) is 21.7. The van der Waals surface area contributed by atoms with Crippen molar-refractivity contribution in [2.75, 3.05) is 13.1 Å². The van der Waals surface area contributed by atoms with Gasteiger partial charge in [0.05, 0.1) is 10.6 Å². The van der Waals surface area contributed by atoms with Gasteiger partial charge in [0.2, 0.25) is 10.0 Å². The Morgan fingerprint density at radius 2 is 1.93 bits per heavy atom. The SMILES string of the molecule is CCC(C(=N)C(=O)C1CCCN(S(=O)(=O)c2cccc(Cl)c2)C1)c1ccccc1. The average molecular weight is 433 g/mol. The highest BCUT2D eigenvalue weighted by Crippen LogP contribution is 2.28. The third-order valence-electron chi connectivity index (χ3n) is 5.41. The number of carbonyl (C=O) groups excluding carboxylic acids is 1. The number of rotatable bonds is 7. The highest BCUT2D eigenvalue weighted by atomic mass is 35.5. The molecule has 0 bridgehead atoms. The molecule has 1 fully saturated rings. The van der Waals surface area contributed by atoms with Gasteiger partial charge >= 0.3 is 0 Å². The zero-order valence-corrected chi connectivity index (χ0v) is 17.9. The summed E-state index contributed by atoms with van der Waals surface area (Å²) in [5.74, 6) is -1.03. The lowest BCUT2D eigenvalue weighted by molar-refractivity contribution is -0.117. The fraction of sp³-hybridized carbons (Fsp3) is 0.364. The summed E-state index contributed by atoms with van der Waals surface area (Å²) in [5, 5.41) is 8.86. The molecule has 3 rings (SSSR count). The van der Waals surface area contributed by atoms with Gasteiger partial charge in [0, 0.05) is 29.9 Å². The fourth-order valence-corrected chi connectivity index (χ4v) is 5.66. The van der Waals surface area contributed by atoms with Crippen LogP contribution in [0.25, 0.3) is 0 Å². The Hall–Kier alpha value is -2.02. The molecule has 0 amide bonds. The Morgan fingerprint density at radius 3 is 2.59 bits per heavy atom. The molecule has 1 N–H and O–H groups in total. The second kappa shape index (κ2) is 9.20. The second-order valence-corrected chi connectivity index (χ2v) is 9.68. The van der Waals surface area contributed by atoms with Gasteiger partial charge < -0.3 is 5.41 Å². The third-order valence-corrected chi connectivity index (χ3v) is 7.51. The van der Waals surface area contributed by atoms with Crippen molar-refractivity contribution >= 4 is 33.1 Å². The van der Waals surface area contributed by atoms with E-state index in [1.807, 2.05) is 37.3 Å². The standard InChI is InChI=1S/C22H25ClN2O3S/c1-2-20(16-8-4-3-5-9-16)21(24)22(26)17-10-7-13-25(15-17)29(27,28)19-12-6-11-18(23)14-19/h3-6,8-9,11-12,14,17,20,24H,2,7,10,13,15H2,1H3. The number of nitrogens with one attached hydrogen (secondary N) is 1. The normalized spacial score (nSPS) is 18.9. The van der Waals surface area contributed by atoms with Crippen molar-refractivity contribution in [2.45, 2.75) is 37.0 Å². The first-order valence-electron chi connectivity index (χ1n) is 9.78. The van der Waals surface area contributed by atoms with Crippen molar-refractivity contribution in [1.29, 1.82) is 5.41 Å². The van der Waals surface area contributed by atoms with Gasteiger partial charge in [0.25, 0.3) is 0 Å². The highest BCUT2D eigenvalue weighted by molar-refractivity contribution is 7.89. The lowest BCUT2D eigenvalue weighted by Crippen LogP contribution is -2.44. The molecule has 0 saturated carbocycles. The van der Waals surface area contributed by atoms with Gasteiger partial charge in [0.15, 0.2) is 5.78 Å². The summed E-state index contributed by atoms with van der Waals surface area (Å²) in [5.41, 5.74) is 0.998. The van der Waals surface area contributed by atoms with Crippen LogP contribution in [-0.2, 0) is 14.8 Å². The van der Waals surface area contributed by atoms with Crippen LogP contribution in [0, 0.1) is 11.3 Å². The molecule has 0 aliphatic carbocycles. The fourth-order valence-electron chi connectivity index (χ4n) is 3.83. The summed E-state index contributed by atoms with van der Waals surface area (Å²) in [6.07, 6.45) is 1.82. The molecule has 1 saturated heterocycles. The Balaban J connectivity index is 1.78. The van der Waals surface area contributed by atoms with E-state index in [4.69, 9.17) is 17.0 Å². The summed E-state index contributed by atoms with van der Waals surface area (Å²) in [4.78, 5) is 13.2. The van der Waals surface area contributed by atoms with E-state index in [1.54, 1.807) is 12.1 Å². The molecule has 29 heavy (non-hydrogen) atoms. The molecule has 1 aliphatic heterocycles. The molecule has 5 nitrogen and oxygen atoms in total. The number of benzene rings is 2. The van der Waals surface area contributed by atoms with E-state index in [0.717, 1.165) is 5.56 Å². The van der Waals surface area contributed by atoms with E-state index >= 15 is 0 Å². The number of piperidine rings is 1. The minimum Gasteiger partial charge on any atom is -0.301 e. The predicted molar refractivity (Wildman–Crippen MR) is 115 cm³/mol. The van der Waals surface area contributed by atoms with E-state index < -0.39 is 15.9 Å². The zero-order valence-electron chi connectivity index (χ0n) is 16.3. The predicted octanol–water partition coefficient (Wildman–Crippen LogP) is 4.52. The first-order valence-corrected chi connectivity index (χ1v) is 11.6. The van der Waals surface area contributed by atoms with Crippen LogP contribution in [0.1, 0.15) is 37.7 Å². The van der Waals surface area contributed by atoms with E-state index in [0.29, 0.717) is 30.8 Å². The molecule has 2 atom stereocenters. The van der Waals surface area contributed by atoms with E-state index in [9.17, 15) is 13.2 Å². The highest BCUT2D eigenvalue weighted by Gasteiger charge is 2.36. The topological polar surface area (TPSA) is 78.3 Å². The molecule has 1 aliphatic rings. The summed E-state index contributed by atoms with van der Waals surface area (Å²) in [6, 6.07) is 15.7. The number of hydrogen-bond donors (Lipinski definition) is 1. The summed E-state index contributed by atoms with van der Waals surface area (Å²) >= 11 is 5.95. The molecule has 0 spiro atoms.